The molecule has 2 aliphatic heterocycles. The van der Waals surface area contributed by atoms with E-state index < -0.39 is 17.9 Å². The second-order valence-corrected chi connectivity index (χ2v) is 13.8. The van der Waals surface area contributed by atoms with E-state index in [1.165, 1.54) is 0 Å². The Morgan fingerprint density at radius 1 is 0.820 bits per heavy atom. The monoisotopic (exact) mass is 710 g/mol. The fourth-order valence-electron chi connectivity index (χ4n) is 7.16. The van der Waals surface area contributed by atoms with Crippen molar-refractivity contribution in [1.82, 2.24) is 15.3 Å². The van der Waals surface area contributed by atoms with Gasteiger partial charge in [0.1, 0.15) is 11.8 Å². The average Bonchev–Trinajstić information content (AvgIpc) is 3.11. The Kier molecular flexibility index (Phi) is 9.74. The Balaban J connectivity index is 0.931. The molecular weight excluding hydrogens is 675 g/mol. The van der Waals surface area contributed by atoms with Crippen LogP contribution in [0.25, 0.3) is 21.8 Å². The Labute approximate surface area is 299 Å². The number of nitrogens with two attached hydrogens (primary N) is 1. The summed E-state index contributed by atoms with van der Waals surface area (Å²) < 4.78 is 5.69. The number of pyridine rings is 2. The first-order chi connectivity index (χ1) is 24.2. The van der Waals surface area contributed by atoms with Crippen LogP contribution in [0, 0.1) is 5.92 Å². The minimum absolute atomic E-state index is 0.0134. The molecule has 0 radical (unpaired) electrons. The maximum atomic E-state index is 13.2. The number of nitrogens with one attached hydrogen (secondary N) is 1. The van der Waals surface area contributed by atoms with Crippen LogP contribution in [0.1, 0.15) is 42.5 Å². The maximum absolute atomic E-state index is 13.2. The summed E-state index contributed by atoms with van der Waals surface area (Å²) in [5.74, 6) is -0.894. The van der Waals surface area contributed by atoms with E-state index in [0.29, 0.717) is 40.7 Å². The zero-order valence-electron chi connectivity index (χ0n) is 27.2. The van der Waals surface area contributed by atoms with E-state index in [1.54, 1.807) is 48.8 Å². The number of ether oxygens (including phenoxy) is 1. The van der Waals surface area contributed by atoms with Crippen molar-refractivity contribution in [3.63, 3.8) is 0 Å². The summed E-state index contributed by atoms with van der Waals surface area (Å²) in [5, 5.41) is 6.31. The molecule has 2 atom stereocenters. The van der Waals surface area contributed by atoms with E-state index in [-0.39, 0.29) is 24.3 Å². The molecular formula is C38H36Cl2N6O4. The number of carbonyl (C=O) groups excluding carboxylic acids is 3. The predicted molar refractivity (Wildman–Crippen MR) is 196 cm³/mol. The van der Waals surface area contributed by atoms with Crippen molar-refractivity contribution < 1.29 is 19.1 Å². The number of carbonyl (C=O) groups is 3. The van der Waals surface area contributed by atoms with Gasteiger partial charge < -0.3 is 25.6 Å². The fourth-order valence-corrected chi connectivity index (χ4v) is 7.50. The molecule has 3 N–H and O–H groups in total. The zero-order valence-corrected chi connectivity index (χ0v) is 28.7. The molecule has 0 bridgehead atoms. The molecule has 50 heavy (non-hydrogen) atoms. The van der Waals surface area contributed by atoms with Gasteiger partial charge in [0.2, 0.25) is 5.91 Å². The quantitative estimate of drug-likeness (QED) is 0.137. The van der Waals surface area contributed by atoms with Crippen LogP contribution in [0.15, 0.2) is 85.2 Å². The lowest BCUT2D eigenvalue weighted by molar-refractivity contribution is -0.136. The van der Waals surface area contributed by atoms with Gasteiger partial charge in [-0.05, 0) is 98.3 Å². The number of piperidine rings is 2. The smallest absolute Gasteiger partial charge is 0.311 e. The third-order valence-electron chi connectivity index (χ3n) is 9.67. The van der Waals surface area contributed by atoms with Gasteiger partial charge in [0.15, 0.2) is 0 Å². The number of amides is 2. The highest BCUT2D eigenvalue weighted by molar-refractivity contribution is 6.31. The van der Waals surface area contributed by atoms with Crippen molar-refractivity contribution in [2.24, 2.45) is 11.7 Å². The molecule has 12 heteroatoms. The fraction of sp³-hybridized carbons (Fsp3) is 0.289. The lowest BCUT2D eigenvalue weighted by Crippen LogP contribution is -2.50. The molecule has 7 rings (SSSR count). The number of rotatable bonds is 8. The number of nitrogens with zero attached hydrogens (tertiary/aromatic N) is 4. The minimum Gasteiger partial charge on any atom is -0.426 e. The normalized spacial score (nSPS) is 18.3. The van der Waals surface area contributed by atoms with Crippen LogP contribution in [0.3, 0.4) is 0 Å². The van der Waals surface area contributed by atoms with Crippen LogP contribution in [0.5, 0.6) is 5.75 Å². The topological polar surface area (TPSA) is 131 Å². The lowest BCUT2D eigenvalue weighted by Gasteiger charge is -2.39. The molecule has 2 unspecified atom stereocenters. The number of halogens is 2. The molecule has 256 valence electrons. The third kappa shape index (κ3) is 7.32. The van der Waals surface area contributed by atoms with Gasteiger partial charge in [0, 0.05) is 82.2 Å². The molecule has 2 amide bonds. The first kappa shape index (κ1) is 33.6. The first-order valence-corrected chi connectivity index (χ1v) is 17.5. The van der Waals surface area contributed by atoms with Gasteiger partial charge in [-0.2, -0.15) is 0 Å². The van der Waals surface area contributed by atoms with Crippen molar-refractivity contribution in [1.29, 1.82) is 0 Å². The molecule has 2 saturated heterocycles. The van der Waals surface area contributed by atoms with Crippen LogP contribution < -0.4 is 25.6 Å². The standard InChI is InChI=1S/C38H36Cl2N6O4/c39-25-4-6-29-31(21-25)42-13-8-33(29)45-15-11-27(12-16-45)44-38(49)24-2-1-3-28(20-24)50-36(47)19-23-10-17-46(35(18-23)37(41)48)34-9-14-43-32-22-26(40)5-7-30(32)34/h1-9,13-14,20-23,27,35H,10-12,15-19H2,(H2,41,48)(H,44,49). The van der Waals surface area contributed by atoms with Gasteiger partial charge in [-0.3, -0.25) is 24.4 Å². The number of anilines is 2. The third-order valence-corrected chi connectivity index (χ3v) is 10.1. The van der Waals surface area contributed by atoms with Gasteiger partial charge in [0.25, 0.3) is 5.91 Å². The minimum atomic E-state index is -0.593. The van der Waals surface area contributed by atoms with Gasteiger partial charge >= 0.3 is 5.97 Å². The second-order valence-electron chi connectivity index (χ2n) is 12.9. The van der Waals surface area contributed by atoms with Crippen molar-refractivity contribution in [3.05, 3.63) is 101 Å². The molecule has 10 nitrogen and oxygen atoms in total. The highest BCUT2D eigenvalue weighted by Crippen LogP contribution is 2.35. The number of hydrogen-bond donors (Lipinski definition) is 2. The predicted octanol–water partition coefficient (Wildman–Crippen LogP) is 6.55. The van der Waals surface area contributed by atoms with Crippen LogP contribution in [-0.2, 0) is 9.59 Å². The summed E-state index contributed by atoms with van der Waals surface area (Å²) in [7, 11) is 0. The first-order valence-electron chi connectivity index (χ1n) is 16.7. The lowest BCUT2D eigenvalue weighted by atomic mass is 9.87. The van der Waals surface area contributed by atoms with E-state index in [1.807, 2.05) is 41.3 Å². The van der Waals surface area contributed by atoms with Gasteiger partial charge in [-0.1, -0.05) is 29.3 Å². The van der Waals surface area contributed by atoms with Gasteiger partial charge in [-0.25, -0.2) is 0 Å². The van der Waals surface area contributed by atoms with Crippen molar-refractivity contribution in [3.8, 4) is 5.75 Å². The summed E-state index contributed by atoms with van der Waals surface area (Å²) in [5.41, 5.74) is 9.83. The van der Waals surface area contributed by atoms with Crippen molar-refractivity contribution in [2.75, 3.05) is 29.4 Å². The zero-order chi connectivity index (χ0) is 34.8. The summed E-state index contributed by atoms with van der Waals surface area (Å²) in [6.45, 7) is 2.11. The summed E-state index contributed by atoms with van der Waals surface area (Å²) in [6, 6.07) is 21.2. The van der Waals surface area contributed by atoms with E-state index in [4.69, 9.17) is 33.7 Å². The van der Waals surface area contributed by atoms with Crippen LogP contribution in [-0.4, -0.2) is 59.5 Å². The van der Waals surface area contributed by atoms with Gasteiger partial charge in [0.05, 0.1) is 11.0 Å². The van der Waals surface area contributed by atoms with Crippen LogP contribution >= 0.6 is 23.2 Å². The van der Waals surface area contributed by atoms with Crippen molar-refractivity contribution >= 4 is 74.2 Å². The number of aromatic nitrogens is 2. The Bertz CT molecular complexity index is 2090. The van der Waals surface area contributed by atoms with Crippen molar-refractivity contribution in [2.45, 2.75) is 44.2 Å². The number of hydrogen-bond acceptors (Lipinski definition) is 8. The summed E-state index contributed by atoms with van der Waals surface area (Å²) in [4.78, 5) is 52.1. The van der Waals surface area contributed by atoms with Crippen LogP contribution in [0.4, 0.5) is 11.4 Å². The Hall–Kier alpha value is -4.93. The summed E-state index contributed by atoms with van der Waals surface area (Å²) >= 11 is 12.3. The molecule has 0 spiro atoms. The largest absolute Gasteiger partial charge is 0.426 e. The van der Waals surface area contributed by atoms with Gasteiger partial charge in [-0.15, -0.1) is 0 Å². The van der Waals surface area contributed by atoms with E-state index in [2.05, 4.69) is 20.2 Å². The number of primary amides is 1. The highest BCUT2D eigenvalue weighted by Gasteiger charge is 2.34. The summed E-state index contributed by atoms with van der Waals surface area (Å²) in [6.07, 6.45) is 6.26. The number of fused-ring (bicyclic) bond motifs is 2. The van der Waals surface area contributed by atoms with E-state index in [0.717, 1.165) is 59.1 Å². The maximum Gasteiger partial charge on any atom is 0.311 e. The molecule has 0 saturated carbocycles. The molecule has 2 aliphatic rings. The number of benzene rings is 3. The molecule has 4 heterocycles. The molecule has 2 fully saturated rings. The Morgan fingerprint density at radius 2 is 1.48 bits per heavy atom. The average molecular weight is 712 g/mol. The second kappa shape index (κ2) is 14.5. The Morgan fingerprint density at radius 3 is 2.16 bits per heavy atom. The van der Waals surface area contributed by atoms with Crippen LogP contribution in [0.2, 0.25) is 10.0 Å². The molecule has 5 aromatic rings. The SMILES string of the molecule is NC(=O)C1CC(CC(=O)Oc2cccc(C(=O)NC3CCN(c4ccnc5cc(Cl)ccc45)CC3)c2)CCN1c1ccnc2cc(Cl)ccc12. The molecule has 0 aliphatic carbocycles. The molecule has 3 aromatic carbocycles. The highest BCUT2D eigenvalue weighted by atomic mass is 35.5. The number of esters is 1. The van der Waals surface area contributed by atoms with E-state index >= 15 is 0 Å². The van der Waals surface area contributed by atoms with E-state index in [9.17, 15) is 14.4 Å². The molecule has 2 aromatic heterocycles.